The molecule has 1 aliphatic heterocycles. The molecule has 0 radical (unpaired) electrons. The first-order valence-electron chi connectivity index (χ1n) is 13.6. The predicted molar refractivity (Wildman–Crippen MR) is 156 cm³/mol. The summed E-state index contributed by atoms with van der Waals surface area (Å²) in [7, 11) is -0.434. The Balaban J connectivity index is 1.57. The largest absolute Gasteiger partial charge is 0.495 e. The van der Waals surface area contributed by atoms with Crippen molar-refractivity contribution in [1.82, 2.24) is 0 Å². The van der Waals surface area contributed by atoms with Gasteiger partial charge in [-0.25, -0.2) is 0 Å². The fourth-order valence-electron chi connectivity index (χ4n) is 7.14. The number of fused-ring (bicyclic) bond motifs is 6. The van der Waals surface area contributed by atoms with Crippen LogP contribution >= 0.6 is 0 Å². The normalized spacial score (nSPS) is 21.4. The lowest BCUT2D eigenvalue weighted by Crippen LogP contribution is -2.41. The van der Waals surface area contributed by atoms with E-state index in [4.69, 9.17) is 9.31 Å². The van der Waals surface area contributed by atoms with Crippen LogP contribution in [-0.2, 0) is 14.7 Å². The SMILES string of the molecule is CC1(C)OB(c2cc3c4c5c(cccc25)-c2ccccc2C4(c2ccccc2)c2ccccc2-3)OC1(C)C. The van der Waals surface area contributed by atoms with Gasteiger partial charge >= 0.3 is 7.12 Å². The summed E-state index contributed by atoms with van der Waals surface area (Å²) in [5.74, 6) is 0. The third-order valence-electron chi connectivity index (χ3n) is 9.53. The molecule has 3 aliphatic rings. The van der Waals surface area contributed by atoms with Crippen LogP contribution in [0.5, 0.6) is 0 Å². The van der Waals surface area contributed by atoms with Gasteiger partial charge in [0.15, 0.2) is 0 Å². The van der Waals surface area contributed by atoms with Crippen LogP contribution in [0.4, 0.5) is 0 Å². The van der Waals surface area contributed by atoms with E-state index in [0.29, 0.717) is 0 Å². The fourth-order valence-corrected chi connectivity index (χ4v) is 7.14. The molecule has 1 atom stereocenters. The van der Waals surface area contributed by atoms with Gasteiger partial charge in [0.05, 0.1) is 16.6 Å². The second-order valence-electron chi connectivity index (χ2n) is 11.9. The highest BCUT2D eigenvalue weighted by molar-refractivity contribution is 6.65. The summed E-state index contributed by atoms with van der Waals surface area (Å²) in [6.07, 6.45) is 0. The quantitative estimate of drug-likeness (QED) is 0.233. The van der Waals surface area contributed by atoms with Crippen LogP contribution in [0.1, 0.15) is 49.9 Å². The van der Waals surface area contributed by atoms with Gasteiger partial charge in [-0.3, -0.25) is 0 Å². The van der Waals surface area contributed by atoms with Crippen LogP contribution in [0.25, 0.3) is 33.0 Å². The fraction of sp³-hybridized carbons (Fsp3) is 0.200. The van der Waals surface area contributed by atoms with E-state index in [1.807, 2.05) is 0 Å². The molecule has 5 aromatic rings. The van der Waals surface area contributed by atoms with Crippen molar-refractivity contribution in [3.63, 3.8) is 0 Å². The van der Waals surface area contributed by atoms with Crippen molar-refractivity contribution in [2.75, 3.05) is 0 Å². The highest BCUT2D eigenvalue weighted by Gasteiger charge is 2.55. The van der Waals surface area contributed by atoms with Crippen molar-refractivity contribution >= 4 is 23.4 Å². The topological polar surface area (TPSA) is 18.5 Å². The van der Waals surface area contributed by atoms with Crippen LogP contribution in [0.2, 0.25) is 0 Å². The summed E-state index contributed by atoms with van der Waals surface area (Å²) in [5.41, 5.74) is 10.4. The predicted octanol–water partition coefficient (Wildman–Crippen LogP) is 7.48. The summed E-state index contributed by atoms with van der Waals surface area (Å²) < 4.78 is 13.3. The van der Waals surface area contributed by atoms with Gasteiger partial charge in [-0.2, -0.15) is 0 Å². The molecule has 0 bridgehead atoms. The highest BCUT2D eigenvalue weighted by atomic mass is 16.7. The first-order valence-corrected chi connectivity index (χ1v) is 13.6. The molecule has 0 aromatic heterocycles. The Labute approximate surface area is 224 Å². The minimum atomic E-state index is -0.434. The third kappa shape index (κ3) is 2.56. The molecule has 0 spiro atoms. The van der Waals surface area contributed by atoms with E-state index in [1.54, 1.807) is 0 Å². The molecule has 0 saturated carbocycles. The molecular weight excluding hydrogens is 463 g/mol. The first-order chi connectivity index (χ1) is 18.3. The summed E-state index contributed by atoms with van der Waals surface area (Å²) in [6.45, 7) is 8.51. The molecule has 5 aromatic carbocycles. The molecule has 184 valence electrons. The highest BCUT2D eigenvalue weighted by Crippen LogP contribution is 2.62. The van der Waals surface area contributed by atoms with Crippen molar-refractivity contribution in [1.29, 1.82) is 0 Å². The Kier molecular flexibility index (Phi) is 4.26. The standard InChI is InChI=1S/C35H29BO2/c1-33(2)34(3,4)38-36(37-33)30-21-27-24-16-9-11-20-29(24)35(22-13-6-5-7-14-22)28-19-10-8-15-23(28)25-17-12-18-26(30)31(25)32(27)35/h5-21H,1-4H3. The van der Waals surface area contributed by atoms with Gasteiger partial charge < -0.3 is 9.31 Å². The van der Waals surface area contributed by atoms with E-state index in [9.17, 15) is 0 Å². The van der Waals surface area contributed by atoms with E-state index >= 15 is 0 Å². The second kappa shape index (κ2) is 7.25. The Morgan fingerprint density at radius 3 is 1.76 bits per heavy atom. The molecular formula is C35H29BO2. The maximum atomic E-state index is 6.65. The maximum absolute atomic E-state index is 6.65. The van der Waals surface area contributed by atoms with Crippen molar-refractivity contribution in [2.24, 2.45) is 0 Å². The molecule has 8 rings (SSSR count). The average molecular weight is 492 g/mol. The van der Waals surface area contributed by atoms with Crippen molar-refractivity contribution in [2.45, 2.75) is 44.3 Å². The summed E-state index contributed by atoms with van der Waals surface area (Å²) in [5, 5.41) is 2.52. The van der Waals surface area contributed by atoms with Crippen LogP contribution in [0, 0.1) is 0 Å². The Morgan fingerprint density at radius 2 is 1.11 bits per heavy atom. The van der Waals surface area contributed by atoms with Crippen molar-refractivity contribution < 1.29 is 9.31 Å². The Bertz CT molecular complexity index is 1770. The van der Waals surface area contributed by atoms with Crippen LogP contribution in [0.3, 0.4) is 0 Å². The van der Waals surface area contributed by atoms with Gasteiger partial charge in [-0.1, -0.05) is 103 Å². The molecule has 2 nitrogen and oxygen atoms in total. The Hall–Kier alpha value is -3.66. The number of hydrogen-bond donors (Lipinski definition) is 0. The molecule has 1 saturated heterocycles. The average Bonchev–Trinajstić information content (AvgIpc) is 3.35. The molecule has 38 heavy (non-hydrogen) atoms. The number of hydrogen-bond acceptors (Lipinski definition) is 2. The zero-order valence-corrected chi connectivity index (χ0v) is 22.2. The van der Waals surface area contributed by atoms with E-state index in [2.05, 4.69) is 131 Å². The Morgan fingerprint density at radius 1 is 0.553 bits per heavy atom. The lowest BCUT2D eigenvalue weighted by atomic mass is 9.60. The summed E-state index contributed by atoms with van der Waals surface area (Å²) in [4.78, 5) is 0. The smallest absolute Gasteiger partial charge is 0.399 e. The van der Waals surface area contributed by atoms with Crippen LogP contribution < -0.4 is 5.46 Å². The molecule has 1 heterocycles. The van der Waals surface area contributed by atoms with Gasteiger partial charge in [0.2, 0.25) is 0 Å². The third-order valence-corrected chi connectivity index (χ3v) is 9.53. The van der Waals surface area contributed by atoms with Gasteiger partial charge in [0.25, 0.3) is 0 Å². The van der Waals surface area contributed by atoms with Gasteiger partial charge in [0, 0.05) is 0 Å². The van der Waals surface area contributed by atoms with Gasteiger partial charge in [0.1, 0.15) is 0 Å². The molecule has 0 N–H and O–H groups in total. The van der Waals surface area contributed by atoms with E-state index in [0.717, 1.165) is 5.46 Å². The van der Waals surface area contributed by atoms with E-state index in [-0.39, 0.29) is 5.41 Å². The first kappa shape index (κ1) is 22.3. The van der Waals surface area contributed by atoms with Crippen LogP contribution in [-0.4, -0.2) is 18.3 Å². The lowest BCUT2D eigenvalue weighted by molar-refractivity contribution is 0.00578. The summed E-state index contributed by atoms with van der Waals surface area (Å²) in [6, 6.07) is 38.1. The zero-order valence-electron chi connectivity index (χ0n) is 22.2. The lowest BCUT2D eigenvalue weighted by Gasteiger charge is -2.40. The minimum absolute atomic E-state index is 0.384. The molecule has 2 aliphatic carbocycles. The molecule has 3 heteroatoms. The molecule has 1 fully saturated rings. The molecule has 1 unspecified atom stereocenters. The van der Waals surface area contributed by atoms with E-state index < -0.39 is 18.3 Å². The van der Waals surface area contributed by atoms with Gasteiger partial charge in [-0.05, 0) is 88.4 Å². The van der Waals surface area contributed by atoms with Crippen LogP contribution in [0.15, 0.2) is 103 Å². The zero-order chi connectivity index (χ0) is 25.9. The maximum Gasteiger partial charge on any atom is 0.495 e. The minimum Gasteiger partial charge on any atom is -0.399 e. The van der Waals surface area contributed by atoms with Crippen molar-refractivity contribution in [3.05, 3.63) is 125 Å². The molecule has 0 amide bonds. The monoisotopic (exact) mass is 492 g/mol. The number of rotatable bonds is 2. The number of benzene rings is 5. The van der Waals surface area contributed by atoms with E-state index in [1.165, 1.54) is 55.3 Å². The van der Waals surface area contributed by atoms with Crippen molar-refractivity contribution in [3.8, 4) is 22.3 Å². The summed E-state index contributed by atoms with van der Waals surface area (Å²) >= 11 is 0. The van der Waals surface area contributed by atoms with Gasteiger partial charge in [-0.15, -0.1) is 0 Å². The second-order valence-corrected chi connectivity index (χ2v) is 11.9.